The Morgan fingerprint density at radius 1 is 1.62 bits per heavy atom. The van der Waals surface area contributed by atoms with Crippen LogP contribution in [0.25, 0.3) is 0 Å². The highest BCUT2D eigenvalue weighted by Crippen LogP contribution is 2.25. The highest BCUT2D eigenvalue weighted by Gasteiger charge is 2.29. The van der Waals surface area contributed by atoms with Crippen LogP contribution >= 0.6 is 15.9 Å². The second-order valence-electron chi connectivity index (χ2n) is 4.62. The van der Waals surface area contributed by atoms with Gasteiger partial charge in [0.2, 0.25) is 5.88 Å². The van der Waals surface area contributed by atoms with E-state index in [-0.39, 0.29) is 24.5 Å². The molecule has 0 amide bonds. The molecule has 0 spiro atoms. The number of ether oxygens (including phenoxy) is 2. The molecule has 1 atom stereocenters. The van der Waals surface area contributed by atoms with Crippen molar-refractivity contribution in [2.24, 2.45) is 0 Å². The highest BCUT2D eigenvalue weighted by molar-refractivity contribution is 9.10. The van der Waals surface area contributed by atoms with Gasteiger partial charge in [0.05, 0.1) is 6.54 Å². The first-order valence-corrected chi connectivity index (χ1v) is 6.95. The van der Waals surface area contributed by atoms with Gasteiger partial charge in [-0.15, -0.1) is 0 Å². The fourth-order valence-corrected chi connectivity index (χ4v) is 2.49. The molecule has 2 aromatic rings. The Balaban J connectivity index is 1.75. The van der Waals surface area contributed by atoms with Crippen molar-refractivity contribution in [3.63, 3.8) is 0 Å². The third kappa shape index (κ3) is 2.82. The van der Waals surface area contributed by atoms with Crippen LogP contribution < -0.4 is 9.47 Å². The predicted octanol–water partition coefficient (Wildman–Crippen LogP) is 2.10. The standard InChI is InChI=1S/C12H11BrN4O4/c1-7-2-8(13)3-14-11(7)21-9-4-16-5-10(17(18)19)15-12(16)20-6-9/h2-3,5,9H,4,6H2,1H3. The van der Waals surface area contributed by atoms with Crippen molar-refractivity contribution in [2.75, 3.05) is 6.61 Å². The van der Waals surface area contributed by atoms with E-state index in [1.807, 2.05) is 13.0 Å². The van der Waals surface area contributed by atoms with E-state index in [9.17, 15) is 10.1 Å². The third-order valence-corrected chi connectivity index (χ3v) is 3.42. The topological polar surface area (TPSA) is 92.3 Å². The zero-order valence-corrected chi connectivity index (χ0v) is 12.6. The minimum absolute atomic E-state index is 0.233. The first-order valence-electron chi connectivity index (χ1n) is 6.16. The number of imidazole rings is 1. The Labute approximate surface area is 128 Å². The van der Waals surface area contributed by atoms with Gasteiger partial charge in [0.25, 0.3) is 0 Å². The molecule has 8 nitrogen and oxygen atoms in total. The zero-order valence-electron chi connectivity index (χ0n) is 11.0. The maximum absolute atomic E-state index is 10.7. The van der Waals surface area contributed by atoms with Gasteiger partial charge in [0.1, 0.15) is 12.8 Å². The SMILES string of the molecule is Cc1cc(Br)cnc1OC1COc2nc([N+](=O)[O-])cn2C1. The summed E-state index contributed by atoms with van der Waals surface area (Å²) in [4.78, 5) is 18.1. The van der Waals surface area contributed by atoms with E-state index in [1.165, 1.54) is 6.20 Å². The summed E-state index contributed by atoms with van der Waals surface area (Å²) in [7, 11) is 0. The van der Waals surface area contributed by atoms with Crippen molar-refractivity contribution < 1.29 is 14.4 Å². The quantitative estimate of drug-likeness (QED) is 0.618. The number of rotatable bonds is 3. The Kier molecular flexibility index (Phi) is 3.50. The number of halogens is 1. The first kappa shape index (κ1) is 13.8. The number of fused-ring (bicyclic) bond motifs is 1. The average Bonchev–Trinajstić information content (AvgIpc) is 2.85. The van der Waals surface area contributed by atoms with Crippen molar-refractivity contribution in [3.05, 3.63) is 38.6 Å². The van der Waals surface area contributed by atoms with Crippen LogP contribution in [0.2, 0.25) is 0 Å². The molecule has 9 heteroatoms. The van der Waals surface area contributed by atoms with Gasteiger partial charge < -0.3 is 19.6 Å². The van der Waals surface area contributed by atoms with E-state index in [0.717, 1.165) is 10.0 Å². The van der Waals surface area contributed by atoms with Crippen LogP contribution in [0.4, 0.5) is 5.82 Å². The molecule has 3 heterocycles. The van der Waals surface area contributed by atoms with Crippen LogP contribution in [0, 0.1) is 17.0 Å². The average molecular weight is 355 g/mol. The minimum atomic E-state index is -0.551. The molecule has 21 heavy (non-hydrogen) atoms. The Hall–Kier alpha value is -2.16. The molecule has 0 radical (unpaired) electrons. The molecular formula is C12H11BrN4O4. The number of nitro groups is 1. The van der Waals surface area contributed by atoms with Crippen LogP contribution in [0.5, 0.6) is 11.9 Å². The lowest BCUT2D eigenvalue weighted by Gasteiger charge is -2.23. The van der Waals surface area contributed by atoms with E-state index in [1.54, 1.807) is 10.8 Å². The molecule has 0 N–H and O–H groups in total. The van der Waals surface area contributed by atoms with Crippen LogP contribution in [-0.4, -0.2) is 32.2 Å². The Bertz CT molecular complexity index is 703. The van der Waals surface area contributed by atoms with Gasteiger partial charge in [-0.25, -0.2) is 4.98 Å². The molecule has 0 saturated heterocycles. The van der Waals surface area contributed by atoms with Crippen molar-refractivity contribution in [2.45, 2.75) is 19.6 Å². The summed E-state index contributed by atoms with van der Waals surface area (Å²) in [6, 6.07) is 2.14. The van der Waals surface area contributed by atoms with Gasteiger partial charge in [-0.3, -0.25) is 4.57 Å². The predicted molar refractivity (Wildman–Crippen MR) is 75.5 cm³/mol. The molecule has 2 aromatic heterocycles. The molecule has 0 aromatic carbocycles. The Morgan fingerprint density at radius 2 is 2.43 bits per heavy atom. The molecule has 3 rings (SSSR count). The van der Waals surface area contributed by atoms with Crippen LogP contribution in [-0.2, 0) is 6.54 Å². The van der Waals surface area contributed by atoms with Gasteiger partial charge in [0, 0.05) is 21.2 Å². The fraction of sp³-hybridized carbons (Fsp3) is 0.333. The van der Waals surface area contributed by atoms with Crippen molar-refractivity contribution in [1.82, 2.24) is 14.5 Å². The van der Waals surface area contributed by atoms with E-state index >= 15 is 0 Å². The summed E-state index contributed by atoms with van der Waals surface area (Å²) in [5.74, 6) is 0.286. The summed E-state index contributed by atoms with van der Waals surface area (Å²) in [5.41, 5.74) is 0.895. The van der Waals surface area contributed by atoms with Crippen LogP contribution in [0.1, 0.15) is 5.56 Å². The molecule has 0 aliphatic carbocycles. The first-order chi connectivity index (χ1) is 10.0. The highest BCUT2D eigenvalue weighted by atomic mass is 79.9. The summed E-state index contributed by atoms with van der Waals surface area (Å²) in [6.45, 7) is 2.59. The minimum Gasteiger partial charge on any atom is -0.469 e. The zero-order chi connectivity index (χ0) is 15.0. The lowest BCUT2D eigenvalue weighted by molar-refractivity contribution is -0.389. The lowest BCUT2D eigenvalue weighted by Crippen LogP contribution is -2.34. The van der Waals surface area contributed by atoms with Crippen molar-refractivity contribution in [3.8, 4) is 11.9 Å². The van der Waals surface area contributed by atoms with E-state index in [4.69, 9.17) is 9.47 Å². The summed E-state index contributed by atoms with van der Waals surface area (Å²) in [6.07, 6.45) is 2.71. The van der Waals surface area contributed by atoms with Gasteiger partial charge in [-0.2, -0.15) is 0 Å². The monoisotopic (exact) mass is 354 g/mol. The molecular weight excluding hydrogens is 344 g/mol. The number of hydrogen-bond acceptors (Lipinski definition) is 6. The number of pyridine rings is 1. The van der Waals surface area contributed by atoms with Gasteiger partial charge in [-0.05, 0) is 33.8 Å². The van der Waals surface area contributed by atoms with E-state index in [0.29, 0.717) is 12.4 Å². The molecule has 0 fully saturated rings. The number of aryl methyl sites for hydroxylation is 1. The largest absolute Gasteiger partial charge is 0.469 e. The Morgan fingerprint density at radius 3 is 3.14 bits per heavy atom. The second-order valence-corrected chi connectivity index (χ2v) is 5.53. The van der Waals surface area contributed by atoms with Gasteiger partial charge in [0.15, 0.2) is 6.10 Å². The lowest BCUT2D eigenvalue weighted by atomic mass is 10.3. The molecule has 1 unspecified atom stereocenters. The van der Waals surface area contributed by atoms with Gasteiger partial charge in [-0.1, -0.05) is 0 Å². The summed E-state index contributed by atoms with van der Waals surface area (Å²) < 4.78 is 13.6. The molecule has 110 valence electrons. The molecule has 0 saturated carbocycles. The molecule has 1 aliphatic heterocycles. The third-order valence-electron chi connectivity index (χ3n) is 2.99. The smallest absolute Gasteiger partial charge is 0.414 e. The summed E-state index contributed by atoms with van der Waals surface area (Å²) in [5, 5.41) is 10.7. The van der Waals surface area contributed by atoms with Gasteiger partial charge >= 0.3 is 11.8 Å². The number of nitrogens with zero attached hydrogens (tertiary/aromatic N) is 4. The maximum atomic E-state index is 10.7. The van der Waals surface area contributed by atoms with Crippen LogP contribution in [0.15, 0.2) is 22.9 Å². The second kappa shape index (κ2) is 5.32. The fourth-order valence-electron chi connectivity index (χ4n) is 2.04. The molecule has 0 bridgehead atoms. The van der Waals surface area contributed by atoms with Crippen LogP contribution in [0.3, 0.4) is 0 Å². The summed E-state index contributed by atoms with van der Waals surface area (Å²) >= 11 is 3.34. The van der Waals surface area contributed by atoms with Crippen molar-refractivity contribution in [1.29, 1.82) is 0 Å². The van der Waals surface area contributed by atoms with E-state index < -0.39 is 4.92 Å². The number of aromatic nitrogens is 3. The normalized spacial score (nSPS) is 17.0. The van der Waals surface area contributed by atoms with E-state index in [2.05, 4.69) is 25.9 Å². The molecule has 1 aliphatic rings. The van der Waals surface area contributed by atoms with Crippen molar-refractivity contribution >= 4 is 21.7 Å². The number of hydrogen-bond donors (Lipinski definition) is 0. The maximum Gasteiger partial charge on any atom is 0.414 e.